The number of nitrogens with zero attached hydrogens (tertiary/aromatic N) is 2. The maximum atomic E-state index is 12.3. The number of hydrogen-bond acceptors (Lipinski definition) is 3. The largest absolute Gasteiger partial charge is 0.466 e. The van der Waals surface area contributed by atoms with Crippen LogP contribution in [0.25, 0.3) is 0 Å². The summed E-state index contributed by atoms with van der Waals surface area (Å²) in [4.78, 5) is 13.7. The number of para-hydroxylation sites is 2. The molecule has 4 heteroatoms. The molecule has 2 aromatic carbocycles. The first kappa shape index (κ1) is 13.6. The Morgan fingerprint density at radius 2 is 1.65 bits per heavy atom. The van der Waals surface area contributed by atoms with Gasteiger partial charge in [-0.1, -0.05) is 36.4 Å². The number of rotatable bonds is 4. The lowest BCUT2D eigenvalue weighted by atomic mass is 10.2. The molecule has 0 bridgehead atoms. The molecule has 0 aliphatic carbocycles. The number of carbonyl (C=O) groups is 1. The van der Waals surface area contributed by atoms with Gasteiger partial charge in [0.1, 0.15) is 11.8 Å². The first-order valence-electron chi connectivity index (χ1n) is 6.16. The van der Waals surface area contributed by atoms with E-state index in [9.17, 15) is 4.79 Å². The summed E-state index contributed by atoms with van der Waals surface area (Å²) >= 11 is 0. The highest BCUT2D eigenvalue weighted by molar-refractivity contribution is 5.97. The second-order valence-corrected chi connectivity index (χ2v) is 4.17. The van der Waals surface area contributed by atoms with E-state index in [1.54, 1.807) is 43.4 Å². The fourth-order valence-corrected chi connectivity index (χ4v) is 1.72. The molecule has 4 nitrogen and oxygen atoms in total. The van der Waals surface area contributed by atoms with Gasteiger partial charge >= 0.3 is 0 Å². The van der Waals surface area contributed by atoms with Crippen LogP contribution in [0.2, 0.25) is 0 Å². The third-order valence-electron chi connectivity index (χ3n) is 2.81. The Kier molecular flexibility index (Phi) is 4.35. The summed E-state index contributed by atoms with van der Waals surface area (Å²) in [5, 5.41) is 9.13. The summed E-state index contributed by atoms with van der Waals surface area (Å²) < 4.78 is 5.42. The molecule has 2 aromatic rings. The third-order valence-corrected chi connectivity index (χ3v) is 2.81. The summed E-state index contributed by atoms with van der Waals surface area (Å²) in [5.74, 6) is 0.0939. The lowest BCUT2D eigenvalue weighted by Gasteiger charge is -2.20. The Labute approximate surface area is 117 Å². The van der Waals surface area contributed by atoms with Crippen LogP contribution in [-0.2, 0) is 4.79 Å². The van der Waals surface area contributed by atoms with Crippen LogP contribution < -0.4 is 9.64 Å². The number of anilines is 1. The van der Waals surface area contributed by atoms with Gasteiger partial charge in [-0.25, -0.2) is 0 Å². The molecule has 100 valence electrons. The summed E-state index contributed by atoms with van der Waals surface area (Å²) in [6, 6.07) is 19.8. The second-order valence-electron chi connectivity index (χ2n) is 4.17. The van der Waals surface area contributed by atoms with Crippen LogP contribution in [0.4, 0.5) is 5.69 Å². The number of likely N-dealkylation sites (N-methyl/N-ethyl adjacent to an activating group) is 1. The molecule has 1 amide bonds. The van der Waals surface area contributed by atoms with E-state index in [1.807, 2.05) is 30.3 Å². The molecule has 1 atom stereocenters. The quantitative estimate of drug-likeness (QED) is 0.854. The lowest BCUT2D eigenvalue weighted by Crippen LogP contribution is -2.39. The number of nitriles is 1. The van der Waals surface area contributed by atoms with Crippen molar-refractivity contribution in [2.45, 2.75) is 6.10 Å². The number of benzene rings is 2. The first-order chi connectivity index (χ1) is 9.72. The average Bonchev–Trinajstić information content (AvgIpc) is 2.53. The summed E-state index contributed by atoms with van der Waals surface area (Å²) in [6.45, 7) is 0. The minimum Gasteiger partial charge on any atom is -0.466 e. The van der Waals surface area contributed by atoms with E-state index >= 15 is 0 Å². The second kappa shape index (κ2) is 6.39. The van der Waals surface area contributed by atoms with Crippen LogP contribution in [0.1, 0.15) is 0 Å². The molecule has 0 heterocycles. The van der Waals surface area contributed by atoms with E-state index in [2.05, 4.69) is 0 Å². The fraction of sp³-hybridized carbons (Fsp3) is 0.125. The smallest absolute Gasteiger partial charge is 0.282 e. The van der Waals surface area contributed by atoms with Gasteiger partial charge in [0.05, 0.1) is 0 Å². The summed E-state index contributed by atoms with van der Waals surface area (Å²) in [6.07, 6.45) is -1.16. The molecular weight excluding hydrogens is 252 g/mol. The number of hydrogen-bond donors (Lipinski definition) is 0. The Morgan fingerprint density at radius 3 is 2.20 bits per heavy atom. The summed E-state index contributed by atoms with van der Waals surface area (Å²) in [5.41, 5.74) is 0.717. The molecular formula is C16H14N2O2. The summed E-state index contributed by atoms with van der Waals surface area (Å²) in [7, 11) is 1.62. The van der Waals surface area contributed by atoms with Crippen molar-refractivity contribution in [3.8, 4) is 11.8 Å². The Bertz CT molecular complexity index is 605. The van der Waals surface area contributed by atoms with Crippen molar-refractivity contribution >= 4 is 11.6 Å². The molecule has 0 aromatic heterocycles. The Balaban J connectivity index is 2.12. The van der Waals surface area contributed by atoms with Gasteiger partial charge in [0, 0.05) is 12.7 Å². The van der Waals surface area contributed by atoms with Crippen molar-refractivity contribution in [1.82, 2.24) is 0 Å². The van der Waals surface area contributed by atoms with Gasteiger partial charge in [0.15, 0.2) is 0 Å². The number of ether oxygens (including phenoxy) is 1. The molecule has 0 saturated carbocycles. The molecule has 0 fully saturated rings. The highest BCUT2D eigenvalue weighted by Crippen LogP contribution is 2.15. The van der Waals surface area contributed by atoms with Gasteiger partial charge in [-0.3, -0.25) is 4.79 Å². The van der Waals surface area contributed by atoms with Gasteiger partial charge in [-0.2, -0.15) is 5.26 Å². The van der Waals surface area contributed by atoms with E-state index in [-0.39, 0.29) is 0 Å². The highest BCUT2D eigenvalue weighted by Gasteiger charge is 2.24. The zero-order valence-electron chi connectivity index (χ0n) is 11.1. The average molecular weight is 266 g/mol. The van der Waals surface area contributed by atoms with Gasteiger partial charge in [-0.05, 0) is 24.3 Å². The van der Waals surface area contributed by atoms with E-state index in [1.165, 1.54) is 4.90 Å². The van der Waals surface area contributed by atoms with Gasteiger partial charge in [0.2, 0.25) is 0 Å². The van der Waals surface area contributed by atoms with Crippen LogP contribution in [-0.4, -0.2) is 19.1 Å². The van der Waals surface area contributed by atoms with E-state index in [4.69, 9.17) is 10.00 Å². The normalized spacial score (nSPS) is 11.2. The molecule has 1 unspecified atom stereocenters. The van der Waals surface area contributed by atoms with Gasteiger partial charge in [-0.15, -0.1) is 0 Å². The molecule has 2 rings (SSSR count). The van der Waals surface area contributed by atoms with Crippen LogP contribution in [0.15, 0.2) is 60.7 Å². The van der Waals surface area contributed by atoms with Crippen LogP contribution in [0.3, 0.4) is 0 Å². The third kappa shape index (κ3) is 3.15. The molecule has 20 heavy (non-hydrogen) atoms. The molecule has 0 saturated heterocycles. The minimum absolute atomic E-state index is 0.400. The number of carbonyl (C=O) groups excluding carboxylic acids is 1. The monoisotopic (exact) mass is 266 g/mol. The van der Waals surface area contributed by atoms with Crippen molar-refractivity contribution in [3.63, 3.8) is 0 Å². The van der Waals surface area contributed by atoms with Crippen LogP contribution in [0, 0.1) is 11.3 Å². The van der Waals surface area contributed by atoms with Crippen molar-refractivity contribution in [3.05, 3.63) is 60.7 Å². The predicted molar refractivity (Wildman–Crippen MR) is 76.3 cm³/mol. The van der Waals surface area contributed by atoms with Crippen molar-refractivity contribution < 1.29 is 9.53 Å². The molecule has 0 aliphatic heterocycles. The predicted octanol–water partition coefficient (Wildman–Crippen LogP) is 2.62. The Morgan fingerprint density at radius 1 is 1.10 bits per heavy atom. The first-order valence-corrected chi connectivity index (χ1v) is 6.16. The highest BCUT2D eigenvalue weighted by atomic mass is 16.5. The maximum absolute atomic E-state index is 12.3. The zero-order chi connectivity index (χ0) is 14.4. The topological polar surface area (TPSA) is 53.3 Å². The zero-order valence-corrected chi connectivity index (χ0v) is 11.1. The lowest BCUT2D eigenvalue weighted by molar-refractivity contribution is -0.122. The fourth-order valence-electron chi connectivity index (χ4n) is 1.72. The van der Waals surface area contributed by atoms with E-state index < -0.39 is 12.0 Å². The van der Waals surface area contributed by atoms with Gasteiger partial charge < -0.3 is 9.64 Å². The Hall–Kier alpha value is -2.80. The molecule has 0 spiro atoms. The standard InChI is InChI=1S/C16H14N2O2/c1-18(13-8-4-2-5-9-13)16(19)15(12-17)20-14-10-6-3-7-11-14/h2-11,15H,1H3. The van der Waals surface area contributed by atoms with E-state index in [0.29, 0.717) is 5.75 Å². The van der Waals surface area contributed by atoms with Crippen LogP contribution >= 0.6 is 0 Å². The van der Waals surface area contributed by atoms with E-state index in [0.717, 1.165) is 5.69 Å². The van der Waals surface area contributed by atoms with Crippen molar-refractivity contribution in [2.75, 3.05) is 11.9 Å². The maximum Gasteiger partial charge on any atom is 0.282 e. The molecule has 0 radical (unpaired) electrons. The number of amides is 1. The van der Waals surface area contributed by atoms with Crippen LogP contribution in [0.5, 0.6) is 5.75 Å². The van der Waals surface area contributed by atoms with Crippen molar-refractivity contribution in [1.29, 1.82) is 5.26 Å². The minimum atomic E-state index is -1.16. The molecule has 0 N–H and O–H groups in total. The SMILES string of the molecule is CN(C(=O)C(C#N)Oc1ccccc1)c1ccccc1. The van der Waals surface area contributed by atoms with Gasteiger partial charge in [0.25, 0.3) is 12.0 Å². The molecule has 0 aliphatic rings. The van der Waals surface area contributed by atoms with Crippen molar-refractivity contribution in [2.24, 2.45) is 0 Å².